The summed E-state index contributed by atoms with van der Waals surface area (Å²) in [7, 11) is 0. The van der Waals surface area contributed by atoms with Gasteiger partial charge in [-0.1, -0.05) is 0 Å². The Labute approximate surface area is 348 Å². The zero-order chi connectivity index (χ0) is 43.5. The minimum Gasteiger partial charge on any atom is -0.481 e. The first-order valence-corrected chi connectivity index (χ1v) is 19.6. The maximum Gasteiger partial charge on any atom is 0.307 e. The van der Waals surface area contributed by atoms with Crippen LogP contribution in [0, 0.1) is 6.92 Å². The highest BCUT2D eigenvalue weighted by atomic mass is 79.9. The largest absolute Gasteiger partial charge is 0.481 e. The number of H-pyrrole nitrogens is 4. The fraction of sp³-hybridized carbons (Fsp3) is 0.308. The number of carbonyl (C=O) groups is 7. The molecule has 1 aliphatic rings. The van der Waals surface area contributed by atoms with Gasteiger partial charge in [0.25, 0.3) is 0 Å². The number of aromatic amines is 4. The van der Waals surface area contributed by atoms with Gasteiger partial charge in [0.2, 0.25) is 0 Å². The van der Waals surface area contributed by atoms with Crippen LogP contribution in [-0.2, 0) is 78.5 Å². The van der Waals surface area contributed by atoms with E-state index in [1.54, 1.807) is 6.92 Å². The molecular weight excluding hydrogens is 908 g/mol. The van der Waals surface area contributed by atoms with Crippen molar-refractivity contribution in [2.24, 2.45) is 0 Å². The maximum atomic E-state index is 12.4. The summed E-state index contributed by atoms with van der Waals surface area (Å²) < 4.78 is 0.514. The molecule has 0 aliphatic carbocycles. The lowest BCUT2D eigenvalue weighted by Gasteiger charge is -2.06. The molecule has 59 heavy (non-hydrogen) atoms. The monoisotopic (exact) mass is 944 g/mol. The first kappa shape index (κ1) is 44.0. The number of carboxylic acids is 7. The van der Waals surface area contributed by atoms with Gasteiger partial charge in [-0.05, 0) is 121 Å². The maximum absolute atomic E-state index is 12.4. The third kappa shape index (κ3) is 9.94. The van der Waals surface area contributed by atoms with E-state index in [1.807, 2.05) is 0 Å². The average molecular weight is 947 g/mol. The van der Waals surface area contributed by atoms with Crippen LogP contribution in [-0.4, -0.2) is 97.5 Å². The van der Waals surface area contributed by atoms with Crippen molar-refractivity contribution in [3.63, 3.8) is 0 Å². The van der Waals surface area contributed by atoms with Crippen molar-refractivity contribution >= 4 is 94.8 Å². The third-order valence-corrected chi connectivity index (χ3v) is 11.5. The van der Waals surface area contributed by atoms with Crippen LogP contribution in [0.1, 0.15) is 93.0 Å². The molecule has 0 unspecified atom stereocenters. The Morgan fingerprint density at radius 1 is 0.441 bits per heavy atom. The van der Waals surface area contributed by atoms with E-state index < -0.39 is 80.3 Å². The highest BCUT2D eigenvalue weighted by Crippen LogP contribution is 2.32. The van der Waals surface area contributed by atoms with Gasteiger partial charge >= 0.3 is 41.8 Å². The number of halogens is 2. The van der Waals surface area contributed by atoms with Gasteiger partial charge in [-0.3, -0.25) is 33.6 Å². The van der Waals surface area contributed by atoms with Gasteiger partial charge < -0.3 is 55.7 Å². The predicted molar refractivity (Wildman–Crippen MR) is 214 cm³/mol. The molecule has 312 valence electrons. The number of fused-ring (bicyclic) bond motifs is 8. The summed E-state index contributed by atoms with van der Waals surface area (Å²) in [5.41, 5.74) is 3.16. The average Bonchev–Trinajstić information content (AvgIpc) is 3.84. The van der Waals surface area contributed by atoms with Crippen LogP contribution in [0.15, 0.2) is 0 Å². The van der Waals surface area contributed by atoms with Crippen LogP contribution in [0.5, 0.6) is 0 Å². The third-order valence-electron chi connectivity index (χ3n) is 9.96. The lowest BCUT2D eigenvalue weighted by molar-refractivity contribution is -0.138. The van der Waals surface area contributed by atoms with Crippen molar-refractivity contribution in [3.8, 4) is 0 Å². The summed E-state index contributed by atoms with van der Waals surface area (Å²) in [4.78, 5) is 97.5. The summed E-state index contributed by atoms with van der Waals surface area (Å²) in [6.07, 6.45) is -1.00. The van der Waals surface area contributed by atoms with Crippen molar-refractivity contribution in [1.29, 1.82) is 0 Å². The Balaban J connectivity index is 2.11. The van der Waals surface area contributed by atoms with Crippen molar-refractivity contribution in [1.82, 2.24) is 19.9 Å². The lowest BCUT2D eigenvalue weighted by Crippen LogP contribution is -2.17. The molecule has 0 aromatic carbocycles. The summed E-state index contributed by atoms with van der Waals surface area (Å²) >= 11 is 7.27. The molecule has 0 saturated carbocycles. The van der Waals surface area contributed by atoms with Crippen LogP contribution in [0.4, 0.5) is 0 Å². The van der Waals surface area contributed by atoms with E-state index in [0.717, 1.165) is 0 Å². The van der Waals surface area contributed by atoms with Gasteiger partial charge in [0.05, 0.1) is 50.3 Å². The molecule has 0 saturated heterocycles. The van der Waals surface area contributed by atoms with Crippen molar-refractivity contribution in [2.45, 2.75) is 77.6 Å². The number of hydrogen-bond acceptors (Lipinski definition) is 7. The number of rotatable bonds is 18. The lowest BCUT2D eigenvalue weighted by atomic mass is 9.98. The topological polar surface area (TPSA) is 324 Å². The Kier molecular flexibility index (Phi) is 13.6. The Bertz CT molecular complexity index is 2700. The minimum atomic E-state index is -1.29. The predicted octanol–water partition coefficient (Wildman–Crippen LogP) is 1.33. The van der Waals surface area contributed by atoms with Gasteiger partial charge in [-0.2, -0.15) is 0 Å². The molecule has 1 aliphatic heterocycles. The second kappa shape index (κ2) is 18.2. The van der Waals surface area contributed by atoms with Crippen LogP contribution >= 0.6 is 31.9 Å². The standard InChI is InChI=1S/C39H38Br2N4O14/c1-15-16(2-6-27(46)47)37-35(41)39-22(12-33(58)59)18(4-8-29(50)51)24(43-39)14-25-20(10-31(54)55)17(3-7-28(48)49)23(42-25)13-26-21(11-32(56)57)19(5-9-30(52)53)38(44-26)34(40)36(15)45-37/h13-14,42-45H,2-12H2,1H3,(H,46,47)(H,48,49)(H,50,51)(H,52,53)(H,54,55)(H,56,57)(H,58,59). The van der Waals surface area contributed by atoms with Gasteiger partial charge in [0.1, 0.15) is 0 Å². The van der Waals surface area contributed by atoms with E-state index in [4.69, 9.17) is 0 Å². The van der Waals surface area contributed by atoms with E-state index in [0.29, 0.717) is 27.4 Å². The molecule has 20 heteroatoms. The second-order valence-electron chi connectivity index (χ2n) is 13.8. The van der Waals surface area contributed by atoms with E-state index in [2.05, 4.69) is 51.8 Å². The van der Waals surface area contributed by atoms with Gasteiger partial charge in [-0.25, -0.2) is 0 Å². The zero-order valence-electron chi connectivity index (χ0n) is 31.2. The number of carboxylic acid groups (broad SMARTS) is 7. The molecule has 0 fully saturated rings. The summed E-state index contributed by atoms with van der Waals surface area (Å²) in [6.45, 7) is 1.70. The van der Waals surface area contributed by atoms with Crippen molar-refractivity contribution in [2.75, 3.05) is 0 Å². The van der Waals surface area contributed by atoms with Crippen LogP contribution in [0.2, 0.25) is 0 Å². The fourth-order valence-electron chi connectivity index (χ4n) is 7.40. The molecule has 8 bridgehead atoms. The van der Waals surface area contributed by atoms with Crippen molar-refractivity contribution < 1.29 is 69.3 Å². The van der Waals surface area contributed by atoms with E-state index in [1.165, 1.54) is 12.2 Å². The number of hydrogen-bond donors (Lipinski definition) is 11. The van der Waals surface area contributed by atoms with E-state index in [-0.39, 0.29) is 102 Å². The second-order valence-corrected chi connectivity index (χ2v) is 15.4. The summed E-state index contributed by atoms with van der Waals surface area (Å²) in [5.74, 6) is -8.48. The van der Waals surface area contributed by atoms with Gasteiger partial charge in [0.15, 0.2) is 0 Å². The number of aromatic nitrogens is 4. The van der Waals surface area contributed by atoms with Gasteiger partial charge in [-0.15, -0.1) is 0 Å². The molecule has 0 atom stereocenters. The van der Waals surface area contributed by atoms with E-state index in [9.17, 15) is 69.3 Å². The smallest absolute Gasteiger partial charge is 0.307 e. The summed E-state index contributed by atoms with van der Waals surface area (Å²) in [5, 5.41) is 70.0. The molecule has 18 nitrogen and oxygen atoms in total. The summed E-state index contributed by atoms with van der Waals surface area (Å²) in [6, 6.07) is 0. The molecule has 11 N–H and O–H groups in total. The molecule has 0 amide bonds. The van der Waals surface area contributed by atoms with Crippen LogP contribution in [0.25, 0.3) is 21.1 Å². The number of nitrogens with one attached hydrogen (secondary N) is 4. The van der Waals surface area contributed by atoms with Crippen molar-refractivity contribution in [3.05, 3.63) is 88.7 Å². The SMILES string of the molecule is Cc1c(CCC(=O)O)c2[nH]c1=C(Br)c1[nH]c(c(CC(=O)O)c1CCC(=O)O)C=c1[nH]c(c(CC(=O)O)c1CCC(=O)O)=Cc1[nH]c(c(CC(=O)O)c1CCC(=O)O)C=2Br. The zero-order valence-corrected chi connectivity index (χ0v) is 34.3. The highest BCUT2D eigenvalue weighted by Gasteiger charge is 2.27. The molecule has 5 heterocycles. The molecule has 0 spiro atoms. The van der Waals surface area contributed by atoms with Crippen LogP contribution in [0.3, 0.4) is 0 Å². The number of aliphatic carboxylic acids is 7. The molecular formula is C39H38Br2N4O14. The highest BCUT2D eigenvalue weighted by molar-refractivity contribution is 9.15. The Hall–Kier alpha value is -6.15. The van der Waals surface area contributed by atoms with Gasteiger partial charge in [0, 0.05) is 47.8 Å². The normalized spacial score (nSPS) is 12.2. The minimum absolute atomic E-state index is 0.0231. The first-order chi connectivity index (χ1) is 27.8. The first-order valence-electron chi connectivity index (χ1n) is 18.0. The quantitative estimate of drug-likeness (QED) is 0.0671. The molecule has 4 aromatic heterocycles. The van der Waals surface area contributed by atoms with E-state index >= 15 is 0 Å². The fourth-order valence-corrected chi connectivity index (χ4v) is 8.82. The molecule has 5 rings (SSSR count). The molecule has 4 aromatic rings. The van der Waals surface area contributed by atoms with Crippen LogP contribution < -0.4 is 21.4 Å². The Morgan fingerprint density at radius 3 is 1.34 bits per heavy atom. The Morgan fingerprint density at radius 2 is 0.831 bits per heavy atom. The molecule has 0 radical (unpaired) electrons.